The van der Waals surface area contributed by atoms with Crippen molar-refractivity contribution in [3.05, 3.63) is 29.3 Å². The second kappa shape index (κ2) is 7.63. The van der Waals surface area contributed by atoms with Crippen LogP contribution in [-0.2, 0) is 4.79 Å². The summed E-state index contributed by atoms with van der Waals surface area (Å²) in [6.45, 7) is 8.12. The van der Waals surface area contributed by atoms with Crippen molar-refractivity contribution in [2.24, 2.45) is 0 Å². The number of carbonyl (C=O) groups excluding carboxylic acids is 1. The second-order valence-electron chi connectivity index (χ2n) is 6.37. The number of benzene rings is 1. The van der Waals surface area contributed by atoms with E-state index in [0.717, 1.165) is 42.8 Å². The molecule has 1 N–H and O–H groups in total. The molecule has 1 heterocycles. The van der Waals surface area contributed by atoms with E-state index < -0.39 is 6.10 Å². The minimum atomic E-state index is -0.417. The van der Waals surface area contributed by atoms with E-state index in [-0.39, 0.29) is 11.9 Å². The van der Waals surface area contributed by atoms with Crippen LogP contribution in [0.15, 0.2) is 18.2 Å². The number of ether oxygens (including phenoxy) is 1. The van der Waals surface area contributed by atoms with Crippen molar-refractivity contribution in [3.63, 3.8) is 0 Å². The SMILES string of the molecule is CC[C@@H](Oc1cc(C)ccc1C)C(=O)NC1CCN(C)CC1. The Morgan fingerprint density at radius 1 is 1.36 bits per heavy atom. The van der Waals surface area contributed by atoms with Gasteiger partial charge in [-0.15, -0.1) is 0 Å². The van der Waals surface area contributed by atoms with Gasteiger partial charge < -0.3 is 15.0 Å². The predicted octanol–water partition coefficient (Wildman–Crippen LogP) is 2.67. The number of hydrogen-bond donors (Lipinski definition) is 1. The molecule has 0 radical (unpaired) electrons. The van der Waals surface area contributed by atoms with Gasteiger partial charge in [0.2, 0.25) is 0 Å². The maximum Gasteiger partial charge on any atom is 0.261 e. The van der Waals surface area contributed by atoms with E-state index in [0.29, 0.717) is 6.42 Å². The number of likely N-dealkylation sites (tertiary alicyclic amines) is 1. The molecule has 0 saturated carbocycles. The number of carbonyl (C=O) groups is 1. The van der Waals surface area contributed by atoms with E-state index in [4.69, 9.17) is 4.74 Å². The van der Waals surface area contributed by atoms with Gasteiger partial charge in [-0.05, 0) is 70.4 Å². The fourth-order valence-corrected chi connectivity index (χ4v) is 2.76. The van der Waals surface area contributed by atoms with Crippen molar-refractivity contribution in [3.8, 4) is 5.75 Å². The highest BCUT2D eigenvalue weighted by Crippen LogP contribution is 2.21. The Morgan fingerprint density at radius 2 is 2.05 bits per heavy atom. The average Bonchev–Trinajstić information content (AvgIpc) is 2.50. The Morgan fingerprint density at radius 3 is 2.68 bits per heavy atom. The van der Waals surface area contributed by atoms with Crippen LogP contribution in [0.4, 0.5) is 0 Å². The highest BCUT2D eigenvalue weighted by Gasteiger charge is 2.24. The largest absolute Gasteiger partial charge is 0.480 e. The summed E-state index contributed by atoms with van der Waals surface area (Å²) in [5.74, 6) is 0.823. The Bertz CT molecular complexity index is 508. The Kier molecular flexibility index (Phi) is 5.83. The highest BCUT2D eigenvalue weighted by molar-refractivity contribution is 5.81. The van der Waals surface area contributed by atoms with Gasteiger partial charge in [0.15, 0.2) is 6.10 Å². The van der Waals surface area contributed by atoms with Crippen LogP contribution < -0.4 is 10.1 Å². The molecule has 1 fully saturated rings. The van der Waals surface area contributed by atoms with Gasteiger partial charge in [0.25, 0.3) is 5.91 Å². The number of piperidine rings is 1. The zero-order valence-electron chi connectivity index (χ0n) is 14.2. The number of nitrogens with one attached hydrogen (secondary N) is 1. The Balaban J connectivity index is 1.95. The zero-order valence-corrected chi connectivity index (χ0v) is 14.2. The lowest BCUT2D eigenvalue weighted by atomic mass is 10.0. The van der Waals surface area contributed by atoms with Crippen LogP contribution in [0.3, 0.4) is 0 Å². The molecule has 0 aromatic heterocycles. The summed E-state index contributed by atoms with van der Waals surface area (Å²) in [6.07, 6.45) is 2.29. The van der Waals surface area contributed by atoms with Crippen LogP contribution in [0.2, 0.25) is 0 Å². The maximum atomic E-state index is 12.5. The molecule has 0 unspecified atom stereocenters. The summed E-state index contributed by atoms with van der Waals surface area (Å²) in [5.41, 5.74) is 2.21. The van der Waals surface area contributed by atoms with Crippen LogP contribution in [0.25, 0.3) is 0 Å². The van der Waals surface area contributed by atoms with Gasteiger partial charge in [0.1, 0.15) is 5.75 Å². The van der Waals surface area contributed by atoms with Crippen LogP contribution >= 0.6 is 0 Å². The Hall–Kier alpha value is -1.55. The lowest BCUT2D eigenvalue weighted by molar-refractivity contribution is -0.129. The standard InChI is InChI=1S/C18H28N2O2/c1-5-16(22-17-12-13(2)6-7-14(17)3)18(21)19-15-8-10-20(4)11-9-15/h6-7,12,15-16H,5,8-11H2,1-4H3,(H,19,21)/t16-/m1/s1. The van der Waals surface area contributed by atoms with Crippen LogP contribution in [0.1, 0.15) is 37.3 Å². The molecule has 1 aliphatic rings. The average molecular weight is 304 g/mol. The third-order valence-corrected chi connectivity index (χ3v) is 4.34. The van der Waals surface area contributed by atoms with Crippen molar-refractivity contribution in [1.82, 2.24) is 10.2 Å². The molecule has 4 heteroatoms. The fraction of sp³-hybridized carbons (Fsp3) is 0.611. The first-order valence-corrected chi connectivity index (χ1v) is 8.22. The summed E-state index contributed by atoms with van der Waals surface area (Å²) in [5, 5.41) is 3.15. The van der Waals surface area contributed by atoms with Crippen molar-refractivity contribution >= 4 is 5.91 Å². The number of rotatable bonds is 5. The molecule has 0 bridgehead atoms. The summed E-state index contributed by atoms with van der Waals surface area (Å²) in [7, 11) is 2.12. The molecule has 4 nitrogen and oxygen atoms in total. The molecule has 1 aliphatic heterocycles. The minimum Gasteiger partial charge on any atom is -0.480 e. The molecule has 122 valence electrons. The third-order valence-electron chi connectivity index (χ3n) is 4.34. The summed E-state index contributed by atoms with van der Waals surface area (Å²) in [4.78, 5) is 14.8. The molecule has 1 aromatic carbocycles. The van der Waals surface area contributed by atoms with Gasteiger partial charge in [-0.2, -0.15) is 0 Å². The summed E-state index contributed by atoms with van der Waals surface area (Å²) >= 11 is 0. The van der Waals surface area contributed by atoms with Gasteiger partial charge in [-0.3, -0.25) is 4.79 Å². The first-order valence-electron chi connectivity index (χ1n) is 8.22. The lowest BCUT2D eigenvalue weighted by Gasteiger charge is -2.30. The van der Waals surface area contributed by atoms with E-state index in [1.807, 2.05) is 32.9 Å². The molecule has 22 heavy (non-hydrogen) atoms. The predicted molar refractivity (Wildman–Crippen MR) is 89.3 cm³/mol. The Labute approximate surface area is 133 Å². The monoisotopic (exact) mass is 304 g/mol. The van der Waals surface area contributed by atoms with Crippen LogP contribution in [0, 0.1) is 13.8 Å². The number of amides is 1. The minimum absolute atomic E-state index is 0.0120. The van der Waals surface area contributed by atoms with Crippen LogP contribution in [0.5, 0.6) is 5.75 Å². The highest BCUT2D eigenvalue weighted by atomic mass is 16.5. The number of aryl methyl sites for hydroxylation is 2. The second-order valence-corrected chi connectivity index (χ2v) is 6.37. The molecule has 1 aromatic rings. The summed E-state index contributed by atoms with van der Waals surface area (Å²) in [6, 6.07) is 6.37. The van der Waals surface area contributed by atoms with E-state index in [9.17, 15) is 4.79 Å². The normalized spacial score (nSPS) is 18.0. The topological polar surface area (TPSA) is 41.6 Å². The molecular formula is C18H28N2O2. The van der Waals surface area contributed by atoms with E-state index in [1.54, 1.807) is 0 Å². The van der Waals surface area contributed by atoms with Crippen molar-refractivity contribution in [1.29, 1.82) is 0 Å². The number of nitrogens with zero attached hydrogens (tertiary/aromatic N) is 1. The molecule has 0 aliphatic carbocycles. The van der Waals surface area contributed by atoms with Gasteiger partial charge in [-0.1, -0.05) is 19.1 Å². The van der Waals surface area contributed by atoms with Gasteiger partial charge in [0.05, 0.1) is 0 Å². The van der Waals surface area contributed by atoms with Crippen molar-refractivity contribution < 1.29 is 9.53 Å². The van der Waals surface area contributed by atoms with Crippen LogP contribution in [-0.4, -0.2) is 43.1 Å². The van der Waals surface area contributed by atoms with Gasteiger partial charge in [0, 0.05) is 6.04 Å². The molecule has 2 rings (SSSR count). The molecule has 1 atom stereocenters. The van der Waals surface area contributed by atoms with Crippen molar-refractivity contribution in [2.75, 3.05) is 20.1 Å². The molecule has 0 spiro atoms. The quantitative estimate of drug-likeness (QED) is 0.909. The summed E-state index contributed by atoms with van der Waals surface area (Å²) < 4.78 is 5.98. The van der Waals surface area contributed by atoms with E-state index >= 15 is 0 Å². The molecule has 1 saturated heterocycles. The zero-order chi connectivity index (χ0) is 16.1. The smallest absolute Gasteiger partial charge is 0.261 e. The first kappa shape index (κ1) is 16.8. The van der Waals surface area contributed by atoms with E-state index in [2.05, 4.69) is 23.3 Å². The van der Waals surface area contributed by atoms with Crippen molar-refractivity contribution in [2.45, 2.75) is 52.2 Å². The van der Waals surface area contributed by atoms with Gasteiger partial charge >= 0.3 is 0 Å². The van der Waals surface area contributed by atoms with E-state index in [1.165, 1.54) is 0 Å². The lowest BCUT2D eigenvalue weighted by Crippen LogP contribution is -2.48. The van der Waals surface area contributed by atoms with Gasteiger partial charge in [-0.25, -0.2) is 0 Å². The maximum absolute atomic E-state index is 12.5. The first-order chi connectivity index (χ1) is 10.5. The third kappa shape index (κ3) is 4.47. The molecular weight excluding hydrogens is 276 g/mol. The number of hydrogen-bond acceptors (Lipinski definition) is 3. The fourth-order valence-electron chi connectivity index (χ4n) is 2.76. The molecule has 1 amide bonds.